The van der Waals surface area contributed by atoms with Crippen molar-refractivity contribution in [2.75, 3.05) is 32.5 Å². The van der Waals surface area contributed by atoms with Crippen LogP contribution in [0.3, 0.4) is 0 Å². The number of likely N-dealkylation sites (N-methyl/N-ethyl adjacent to an activating group) is 1. The molecule has 1 fully saturated rings. The summed E-state index contributed by atoms with van der Waals surface area (Å²) in [6.07, 6.45) is 4.61. The maximum absolute atomic E-state index is 4.79. The van der Waals surface area contributed by atoms with E-state index in [1.807, 2.05) is 0 Å². The van der Waals surface area contributed by atoms with Crippen LogP contribution in [0.2, 0.25) is 0 Å². The maximum atomic E-state index is 4.79. The van der Waals surface area contributed by atoms with Crippen molar-refractivity contribution in [2.45, 2.75) is 38.5 Å². The summed E-state index contributed by atoms with van der Waals surface area (Å²) >= 11 is 2.40. The van der Waals surface area contributed by atoms with Crippen LogP contribution in [0.25, 0.3) is 0 Å². The summed E-state index contributed by atoms with van der Waals surface area (Å²) in [5.41, 5.74) is 1.27. The Bertz CT molecular complexity index is 430. The van der Waals surface area contributed by atoms with Gasteiger partial charge in [0.1, 0.15) is 11.6 Å². The predicted molar refractivity (Wildman–Crippen MR) is 87.8 cm³/mol. The summed E-state index contributed by atoms with van der Waals surface area (Å²) < 4.78 is 1.22. The molecule has 0 radical (unpaired) electrons. The van der Waals surface area contributed by atoms with Crippen molar-refractivity contribution in [2.24, 2.45) is 0 Å². The highest BCUT2D eigenvalue weighted by atomic mass is 127. The fourth-order valence-electron chi connectivity index (χ4n) is 1.94. The molecule has 1 aliphatic rings. The number of halogens is 1. The van der Waals surface area contributed by atoms with Gasteiger partial charge in [-0.1, -0.05) is 6.92 Å². The van der Waals surface area contributed by atoms with E-state index < -0.39 is 0 Å². The van der Waals surface area contributed by atoms with Crippen LogP contribution in [0.15, 0.2) is 0 Å². The smallest absolute Gasteiger partial charge is 0.143 e. The van der Waals surface area contributed by atoms with E-state index in [4.69, 9.17) is 9.97 Å². The number of aromatic nitrogens is 2. The molecule has 0 unspecified atom stereocenters. The van der Waals surface area contributed by atoms with Gasteiger partial charge in [0.15, 0.2) is 0 Å². The van der Waals surface area contributed by atoms with Gasteiger partial charge in [0, 0.05) is 25.4 Å². The van der Waals surface area contributed by atoms with Crippen LogP contribution < -0.4 is 5.32 Å². The molecule has 1 N–H and O–H groups in total. The van der Waals surface area contributed by atoms with Gasteiger partial charge >= 0.3 is 0 Å². The van der Waals surface area contributed by atoms with Crippen LogP contribution in [-0.2, 0) is 6.42 Å². The standard InChI is InChI=1S/C14H23IN4/c1-4-8-16-14-12(15)13(10-5-6-10)17-11(18-14)7-9-19(2)3/h10H,4-9H2,1-3H3,(H,16,17,18). The molecular formula is C14H23IN4. The van der Waals surface area contributed by atoms with Gasteiger partial charge in [-0.05, 0) is 55.9 Å². The van der Waals surface area contributed by atoms with E-state index in [1.165, 1.54) is 22.1 Å². The SMILES string of the molecule is CCCNc1nc(CCN(C)C)nc(C2CC2)c1I. The normalized spacial score (nSPS) is 15.0. The van der Waals surface area contributed by atoms with E-state index in [2.05, 4.69) is 53.8 Å². The summed E-state index contributed by atoms with van der Waals surface area (Å²) in [5.74, 6) is 2.69. The first-order valence-electron chi connectivity index (χ1n) is 7.06. The predicted octanol–water partition coefficient (Wildman–Crippen LogP) is 2.88. The molecule has 1 aromatic rings. The van der Waals surface area contributed by atoms with Crippen molar-refractivity contribution in [3.8, 4) is 0 Å². The van der Waals surface area contributed by atoms with E-state index >= 15 is 0 Å². The lowest BCUT2D eigenvalue weighted by Gasteiger charge is -2.14. The molecule has 1 saturated carbocycles. The Balaban J connectivity index is 2.20. The second-order valence-corrected chi connectivity index (χ2v) is 6.52. The molecule has 4 nitrogen and oxygen atoms in total. The fourth-order valence-corrected chi connectivity index (χ4v) is 2.81. The summed E-state index contributed by atoms with van der Waals surface area (Å²) in [7, 11) is 4.18. The fraction of sp³-hybridized carbons (Fsp3) is 0.714. The average molecular weight is 374 g/mol. The molecule has 0 aliphatic heterocycles. The number of nitrogens with one attached hydrogen (secondary N) is 1. The molecule has 19 heavy (non-hydrogen) atoms. The molecule has 106 valence electrons. The lowest BCUT2D eigenvalue weighted by atomic mass is 10.2. The van der Waals surface area contributed by atoms with E-state index in [0.717, 1.165) is 37.6 Å². The molecular weight excluding hydrogens is 351 g/mol. The van der Waals surface area contributed by atoms with Crippen LogP contribution in [0.5, 0.6) is 0 Å². The lowest BCUT2D eigenvalue weighted by Crippen LogP contribution is -2.18. The topological polar surface area (TPSA) is 41.1 Å². The van der Waals surface area contributed by atoms with Gasteiger partial charge in [-0.15, -0.1) is 0 Å². The molecule has 5 heteroatoms. The van der Waals surface area contributed by atoms with Crippen molar-refractivity contribution in [1.82, 2.24) is 14.9 Å². The van der Waals surface area contributed by atoms with Crippen molar-refractivity contribution < 1.29 is 0 Å². The zero-order valence-electron chi connectivity index (χ0n) is 12.0. The second-order valence-electron chi connectivity index (χ2n) is 5.44. The Morgan fingerprint density at radius 1 is 1.32 bits per heavy atom. The minimum atomic E-state index is 0.676. The minimum absolute atomic E-state index is 0.676. The molecule has 0 saturated heterocycles. The second kappa shape index (κ2) is 6.83. The lowest BCUT2D eigenvalue weighted by molar-refractivity contribution is 0.409. The van der Waals surface area contributed by atoms with E-state index in [0.29, 0.717) is 5.92 Å². The molecule has 1 aliphatic carbocycles. The van der Waals surface area contributed by atoms with Crippen LogP contribution in [0.1, 0.15) is 43.6 Å². The van der Waals surface area contributed by atoms with E-state index in [1.54, 1.807) is 0 Å². The highest BCUT2D eigenvalue weighted by Gasteiger charge is 2.29. The van der Waals surface area contributed by atoms with Gasteiger partial charge in [0.05, 0.1) is 9.26 Å². The van der Waals surface area contributed by atoms with Gasteiger partial charge < -0.3 is 10.2 Å². The third-order valence-corrected chi connectivity index (χ3v) is 4.28. The highest BCUT2D eigenvalue weighted by molar-refractivity contribution is 14.1. The maximum Gasteiger partial charge on any atom is 0.143 e. The minimum Gasteiger partial charge on any atom is -0.369 e. The number of nitrogens with zero attached hydrogens (tertiary/aromatic N) is 3. The first-order chi connectivity index (χ1) is 9.11. The zero-order valence-corrected chi connectivity index (χ0v) is 14.2. The molecule has 2 rings (SSSR count). The van der Waals surface area contributed by atoms with E-state index in [9.17, 15) is 0 Å². The Hall–Kier alpha value is -0.430. The molecule has 0 bridgehead atoms. The molecule has 0 aromatic carbocycles. The largest absolute Gasteiger partial charge is 0.369 e. The van der Waals surface area contributed by atoms with Crippen molar-refractivity contribution >= 4 is 28.4 Å². The summed E-state index contributed by atoms with van der Waals surface area (Å²) in [5, 5.41) is 3.44. The van der Waals surface area contributed by atoms with Gasteiger partial charge in [-0.25, -0.2) is 9.97 Å². The van der Waals surface area contributed by atoms with Crippen molar-refractivity contribution in [3.05, 3.63) is 15.1 Å². The summed E-state index contributed by atoms with van der Waals surface area (Å²) in [4.78, 5) is 11.7. The van der Waals surface area contributed by atoms with Gasteiger partial charge in [0.25, 0.3) is 0 Å². The Morgan fingerprint density at radius 3 is 2.63 bits per heavy atom. The number of hydrogen-bond acceptors (Lipinski definition) is 4. The third kappa shape index (κ3) is 4.27. The number of hydrogen-bond donors (Lipinski definition) is 1. The Kier molecular flexibility index (Phi) is 5.38. The monoisotopic (exact) mass is 374 g/mol. The Morgan fingerprint density at radius 2 is 2.05 bits per heavy atom. The first-order valence-corrected chi connectivity index (χ1v) is 8.14. The molecule has 1 heterocycles. The number of anilines is 1. The third-order valence-electron chi connectivity index (χ3n) is 3.21. The summed E-state index contributed by atoms with van der Waals surface area (Å²) in [6.45, 7) is 4.15. The van der Waals surface area contributed by atoms with Crippen molar-refractivity contribution in [3.63, 3.8) is 0 Å². The highest BCUT2D eigenvalue weighted by Crippen LogP contribution is 2.42. The molecule has 1 aromatic heterocycles. The zero-order chi connectivity index (χ0) is 13.8. The number of rotatable bonds is 7. The molecule has 0 amide bonds. The quantitative estimate of drug-likeness (QED) is 0.746. The average Bonchev–Trinajstić information content (AvgIpc) is 3.20. The molecule has 0 atom stereocenters. The van der Waals surface area contributed by atoms with Crippen LogP contribution >= 0.6 is 22.6 Å². The first kappa shape index (κ1) is 15.0. The van der Waals surface area contributed by atoms with Gasteiger partial charge in [-0.2, -0.15) is 0 Å². The Labute approximate surface area is 129 Å². The van der Waals surface area contributed by atoms with Gasteiger partial charge in [0.2, 0.25) is 0 Å². The van der Waals surface area contributed by atoms with Crippen LogP contribution in [0.4, 0.5) is 5.82 Å². The van der Waals surface area contributed by atoms with Crippen LogP contribution in [0, 0.1) is 3.57 Å². The molecule has 0 spiro atoms. The van der Waals surface area contributed by atoms with Crippen LogP contribution in [-0.4, -0.2) is 42.1 Å². The summed E-state index contributed by atoms with van der Waals surface area (Å²) in [6, 6.07) is 0. The van der Waals surface area contributed by atoms with Gasteiger partial charge in [-0.3, -0.25) is 0 Å². The van der Waals surface area contributed by atoms with E-state index in [-0.39, 0.29) is 0 Å². The van der Waals surface area contributed by atoms with Crippen molar-refractivity contribution in [1.29, 1.82) is 0 Å².